The van der Waals surface area contributed by atoms with Crippen molar-refractivity contribution >= 4 is 21.2 Å². The van der Waals surface area contributed by atoms with Gasteiger partial charge in [0.1, 0.15) is 0 Å². The van der Waals surface area contributed by atoms with E-state index in [1.807, 2.05) is 0 Å². The summed E-state index contributed by atoms with van der Waals surface area (Å²) in [7, 11) is -3.20. The number of hydrogen-bond donors (Lipinski definition) is 2. The Kier molecular flexibility index (Phi) is 3.38. The summed E-state index contributed by atoms with van der Waals surface area (Å²) in [6, 6.07) is 6.12. The smallest absolute Gasteiger partial charge is 0.175 e. The van der Waals surface area contributed by atoms with Crippen LogP contribution in [-0.2, 0) is 9.84 Å². The fourth-order valence-electron chi connectivity index (χ4n) is 2.80. The van der Waals surface area contributed by atoms with E-state index in [9.17, 15) is 8.42 Å². The molecular formula is C14H21N3O2S. The lowest BCUT2D eigenvalue weighted by Crippen LogP contribution is -2.28. The SMILES string of the molecule is CS(=O)(=O)c1ccc(NC2CCN(C3CC3)C2)c(N)c1. The minimum Gasteiger partial charge on any atom is -0.397 e. The summed E-state index contributed by atoms with van der Waals surface area (Å²) in [6.45, 7) is 2.20. The number of rotatable bonds is 4. The summed E-state index contributed by atoms with van der Waals surface area (Å²) in [5.74, 6) is 0. The highest BCUT2D eigenvalue weighted by molar-refractivity contribution is 7.90. The fraction of sp³-hybridized carbons (Fsp3) is 0.571. The van der Waals surface area contributed by atoms with Gasteiger partial charge in [-0.2, -0.15) is 0 Å². The second kappa shape index (κ2) is 4.93. The van der Waals surface area contributed by atoms with E-state index in [-0.39, 0.29) is 4.90 Å². The van der Waals surface area contributed by atoms with E-state index in [0.717, 1.165) is 31.2 Å². The quantitative estimate of drug-likeness (QED) is 0.819. The van der Waals surface area contributed by atoms with Crippen molar-refractivity contribution in [3.8, 4) is 0 Å². The van der Waals surface area contributed by atoms with E-state index in [1.54, 1.807) is 12.1 Å². The molecule has 2 aliphatic rings. The molecule has 5 nitrogen and oxygen atoms in total. The second-order valence-electron chi connectivity index (χ2n) is 5.88. The molecule has 0 bridgehead atoms. The number of hydrogen-bond acceptors (Lipinski definition) is 5. The average Bonchev–Trinajstić information content (AvgIpc) is 3.11. The Balaban J connectivity index is 1.68. The number of anilines is 2. The number of benzene rings is 1. The van der Waals surface area contributed by atoms with Gasteiger partial charge in [-0.3, -0.25) is 4.90 Å². The minimum atomic E-state index is -3.20. The molecule has 0 amide bonds. The van der Waals surface area contributed by atoms with Crippen LogP contribution in [0.4, 0.5) is 11.4 Å². The molecular weight excluding hydrogens is 274 g/mol. The third kappa shape index (κ3) is 2.91. The summed E-state index contributed by atoms with van der Waals surface area (Å²) < 4.78 is 23.0. The number of nitrogens with one attached hydrogen (secondary N) is 1. The van der Waals surface area contributed by atoms with Crippen molar-refractivity contribution in [3.63, 3.8) is 0 Å². The first-order valence-electron chi connectivity index (χ1n) is 7.03. The van der Waals surface area contributed by atoms with Crippen molar-refractivity contribution in [2.24, 2.45) is 0 Å². The van der Waals surface area contributed by atoms with Crippen LogP contribution in [0.25, 0.3) is 0 Å². The van der Waals surface area contributed by atoms with Crippen molar-refractivity contribution in [3.05, 3.63) is 18.2 Å². The zero-order valence-electron chi connectivity index (χ0n) is 11.7. The zero-order valence-corrected chi connectivity index (χ0v) is 12.5. The Labute approximate surface area is 120 Å². The molecule has 0 aromatic heterocycles. The number of nitrogen functional groups attached to an aromatic ring is 1. The molecule has 0 radical (unpaired) electrons. The largest absolute Gasteiger partial charge is 0.397 e. The van der Waals surface area contributed by atoms with Crippen molar-refractivity contribution in [2.45, 2.75) is 36.2 Å². The van der Waals surface area contributed by atoms with Gasteiger partial charge in [0.15, 0.2) is 9.84 Å². The van der Waals surface area contributed by atoms with Gasteiger partial charge in [-0.25, -0.2) is 8.42 Å². The van der Waals surface area contributed by atoms with Gasteiger partial charge in [0.2, 0.25) is 0 Å². The molecule has 1 aromatic rings. The van der Waals surface area contributed by atoms with Crippen LogP contribution in [-0.4, -0.2) is 44.7 Å². The Morgan fingerprint density at radius 3 is 2.65 bits per heavy atom. The molecule has 1 aliphatic carbocycles. The maximum absolute atomic E-state index is 11.5. The third-order valence-electron chi connectivity index (χ3n) is 4.09. The molecule has 110 valence electrons. The van der Waals surface area contributed by atoms with Gasteiger partial charge in [-0.1, -0.05) is 0 Å². The molecule has 1 saturated carbocycles. The van der Waals surface area contributed by atoms with Crippen LogP contribution in [0.15, 0.2) is 23.1 Å². The summed E-state index contributed by atoms with van der Waals surface area (Å²) in [6.07, 6.45) is 4.97. The highest BCUT2D eigenvalue weighted by Crippen LogP contribution is 2.31. The van der Waals surface area contributed by atoms with E-state index in [4.69, 9.17) is 5.73 Å². The van der Waals surface area contributed by atoms with Crippen LogP contribution in [0, 0.1) is 0 Å². The molecule has 2 fully saturated rings. The summed E-state index contributed by atoms with van der Waals surface area (Å²) in [4.78, 5) is 2.80. The van der Waals surface area contributed by atoms with Crippen LogP contribution in [0.3, 0.4) is 0 Å². The topological polar surface area (TPSA) is 75.4 Å². The van der Waals surface area contributed by atoms with Crippen LogP contribution in [0.1, 0.15) is 19.3 Å². The molecule has 1 aliphatic heterocycles. The maximum atomic E-state index is 11.5. The lowest BCUT2D eigenvalue weighted by molar-refractivity contribution is 0.326. The summed E-state index contributed by atoms with van der Waals surface area (Å²) in [5.41, 5.74) is 7.29. The van der Waals surface area contributed by atoms with Crippen molar-refractivity contribution in [1.29, 1.82) is 0 Å². The van der Waals surface area contributed by atoms with E-state index >= 15 is 0 Å². The average molecular weight is 295 g/mol. The van der Waals surface area contributed by atoms with Gasteiger partial charge in [-0.15, -0.1) is 0 Å². The van der Waals surface area contributed by atoms with Gasteiger partial charge in [0, 0.05) is 31.4 Å². The lowest BCUT2D eigenvalue weighted by atomic mass is 10.2. The first-order chi connectivity index (χ1) is 9.43. The molecule has 3 N–H and O–H groups in total. The lowest BCUT2D eigenvalue weighted by Gasteiger charge is -2.18. The maximum Gasteiger partial charge on any atom is 0.175 e. The monoisotopic (exact) mass is 295 g/mol. The molecule has 1 atom stereocenters. The van der Waals surface area contributed by atoms with Gasteiger partial charge >= 0.3 is 0 Å². The van der Waals surface area contributed by atoms with Crippen LogP contribution in [0.5, 0.6) is 0 Å². The first-order valence-corrected chi connectivity index (χ1v) is 8.93. The van der Waals surface area contributed by atoms with Gasteiger partial charge in [0.05, 0.1) is 16.3 Å². The number of nitrogens with zero attached hydrogens (tertiary/aromatic N) is 1. The van der Waals surface area contributed by atoms with E-state index in [2.05, 4.69) is 10.2 Å². The second-order valence-corrected chi connectivity index (χ2v) is 7.89. The minimum absolute atomic E-state index is 0.270. The molecule has 1 heterocycles. The number of sulfone groups is 1. The normalized spacial score (nSPS) is 23.9. The molecule has 3 rings (SSSR count). The Hall–Kier alpha value is -1.27. The van der Waals surface area contributed by atoms with E-state index in [0.29, 0.717) is 11.7 Å². The molecule has 0 spiro atoms. The Bertz CT molecular complexity index is 611. The van der Waals surface area contributed by atoms with Gasteiger partial charge in [-0.05, 0) is 37.5 Å². The van der Waals surface area contributed by atoms with Crippen LogP contribution >= 0.6 is 0 Å². The van der Waals surface area contributed by atoms with E-state index in [1.165, 1.54) is 25.2 Å². The molecule has 1 saturated heterocycles. The molecule has 6 heteroatoms. The fourth-order valence-corrected chi connectivity index (χ4v) is 3.46. The standard InChI is InChI=1S/C14H21N3O2S/c1-20(18,19)12-4-5-14(13(15)8-12)16-10-6-7-17(9-10)11-2-3-11/h4-5,8,10-11,16H,2-3,6-7,9,15H2,1H3. The molecule has 1 unspecified atom stereocenters. The van der Waals surface area contributed by atoms with Gasteiger partial charge in [0.25, 0.3) is 0 Å². The predicted octanol–water partition coefficient (Wildman–Crippen LogP) is 1.32. The summed E-state index contributed by atoms with van der Waals surface area (Å²) >= 11 is 0. The number of nitrogens with two attached hydrogens (primary N) is 1. The zero-order chi connectivity index (χ0) is 14.3. The highest BCUT2D eigenvalue weighted by atomic mass is 32.2. The first kappa shape index (κ1) is 13.7. The van der Waals surface area contributed by atoms with Crippen molar-refractivity contribution in [1.82, 2.24) is 4.90 Å². The Morgan fingerprint density at radius 2 is 2.05 bits per heavy atom. The van der Waals surface area contributed by atoms with Crippen molar-refractivity contribution in [2.75, 3.05) is 30.4 Å². The van der Waals surface area contributed by atoms with Crippen LogP contribution < -0.4 is 11.1 Å². The Morgan fingerprint density at radius 1 is 1.30 bits per heavy atom. The predicted molar refractivity (Wildman–Crippen MR) is 80.6 cm³/mol. The van der Waals surface area contributed by atoms with Crippen molar-refractivity contribution < 1.29 is 8.42 Å². The molecule has 20 heavy (non-hydrogen) atoms. The van der Waals surface area contributed by atoms with Crippen LogP contribution in [0.2, 0.25) is 0 Å². The van der Waals surface area contributed by atoms with Gasteiger partial charge < -0.3 is 11.1 Å². The van der Waals surface area contributed by atoms with E-state index < -0.39 is 9.84 Å². The molecule has 1 aromatic carbocycles. The summed E-state index contributed by atoms with van der Waals surface area (Å²) in [5, 5.41) is 3.44. The highest BCUT2D eigenvalue weighted by Gasteiger charge is 2.34. The number of likely N-dealkylation sites (tertiary alicyclic amines) is 1. The third-order valence-corrected chi connectivity index (χ3v) is 5.20.